The number of anilines is 1. The molecule has 2 rings (SSSR count). The van der Waals surface area contributed by atoms with Gasteiger partial charge >= 0.3 is 0 Å². The number of ether oxygens (including phenoxy) is 1. The van der Waals surface area contributed by atoms with E-state index in [1.54, 1.807) is 18.2 Å². The van der Waals surface area contributed by atoms with Gasteiger partial charge in [-0.05, 0) is 24.3 Å². The van der Waals surface area contributed by atoms with Crippen LogP contribution in [0.4, 0.5) is 5.69 Å². The van der Waals surface area contributed by atoms with Gasteiger partial charge in [-0.15, -0.1) is 0 Å². The zero-order valence-electron chi connectivity index (χ0n) is 15.5. The van der Waals surface area contributed by atoms with Gasteiger partial charge in [0.2, 0.25) is 10.0 Å². The van der Waals surface area contributed by atoms with E-state index in [4.69, 9.17) is 25.6 Å². The van der Waals surface area contributed by atoms with Crippen molar-refractivity contribution < 1.29 is 38.4 Å². The van der Waals surface area contributed by atoms with E-state index in [0.717, 1.165) is 12.1 Å². The van der Waals surface area contributed by atoms with Crippen LogP contribution >= 0.6 is 0 Å². The molecule has 1 atom stereocenters. The minimum atomic E-state index is -4.40. The predicted molar refractivity (Wildman–Crippen MR) is 108 cm³/mol. The van der Waals surface area contributed by atoms with Crippen molar-refractivity contribution in [1.29, 1.82) is 0 Å². The first-order valence-corrected chi connectivity index (χ1v) is 9.87. The summed E-state index contributed by atoms with van der Waals surface area (Å²) in [6.45, 7) is 0. The molecular formula is C17H18B2N2O8S. The molecule has 0 spiro atoms. The van der Waals surface area contributed by atoms with E-state index in [1.165, 1.54) is 12.1 Å². The fraction of sp³-hybridized carbons (Fsp3) is 0.235. The Bertz CT molecular complexity index is 1010. The highest BCUT2D eigenvalue weighted by atomic mass is 32.2. The van der Waals surface area contributed by atoms with Crippen LogP contribution in [0.15, 0.2) is 47.4 Å². The van der Waals surface area contributed by atoms with Gasteiger partial charge in [-0.1, -0.05) is 18.2 Å². The summed E-state index contributed by atoms with van der Waals surface area (Å²) in [6, 6.07) is 10.0. The predicted octanol–water partition coefficient (Wildman–Crippen LogP) is -1.28. The normalized spacial score (nSPS) is 13.5. The number of aldehydes is 1. The molecule has 0 saturated heterocycles. The number of sulfonamides is 1. The fourth-order valence-electron chi connectivity index (χ4n) is 2.50. The average molecular weight is 432 g/mol. The van der Waals surface area contributed by atoms with Gasteiger partial charge in [0.05, 0.1) is 5.69 Å². The molecule has 13 heteroatoms. The Morgan fingerprint density at radius 2 is 1.77 bits per heavy atom. The van der Waals surface area contributed by atoms with Crippen LogP contribution in [-0.2, 0) is 10.0 Å². The van der Waals surface area contributed by atoms with Crippen LogP contribution in [-0.4, -0.2) is 68.2 Å². The second kappa shape index (κ2) is 8.76. The summed E-state index contributed by atoms with van der Waals surface area (Å²) in [4.78, 5) is 10.7. The third-order valence-corrected chi connectivity index (χ3v) is 4.73. The van der Waals surface area contributed by atoms with Crippen molar-refractivity contribution in [3.05, 3.63) is 48.0 Å². The Labute approximate surface area is 175 Å². The molecule has 156 valence electrons. The topological polar surface area (TPSA) is 179 Å². The summed E-state index contributed by atoms with van der Waals surface area (Å²) in [5.41, 5.74) is -3.36. The number of rotatable bonds is 9. The molecule has 0 aliphatic heterocycles. The quantitative estimate of drug-likeness (QED) is 0.160. The van der Waals surface area contributed by atoms with Gasteiger partial charge in [0.15, 0.2) is 19.4 Å². The summed E-state index contributed by atoms with van der Waals surface area (Å²) in [5.74, 6) is -4.99. The van der Waals surface area contributed by atoms with Crippen LogP contribution in [0.5, 0.6) is 11.5 Å². The maximum atomic E-state index is 12.1. The molecule has 30 heavy (non-hydrogen) atoms. The third kappa shape index (κ3) is 6.29. The molecule has 0 heterocycles. The maximum absolute atomic E-state index is 12.1. The minimum Gasteiger partial charge on any atom is -0.454 e. The van der Waals surface area contributed by atoms with Crippen LogP contribution < -0.4 is 15.2 Å². The second-order valence-corrected chi connectivity index (χ2v) is 8.06. The zero-order valence-corrected chi connectivity index (χ0v) is 16.3. The van der Waals surface area contributed by atoms with Crippen LogP contribution in [0.25, 0.3) is 0 Å². The summed E-state index contributed by atoms with van der Waals surface area (Å²) in [7, 11) is 6.24. The van der Waals surface area contributed by atoms with E-state index in [-0.39, 0.29) is 22.7 Å². The highest BCUT2D eigenvalue weighted by molar-refractivity contribution is 7.89. The van der Waals surface area contributed by atoms with Crippen molar-refractivity contribution >= 4 is 37.7 Å². The van der Waals surface area contributed by atoms with Gasteiger partial charge in [0.1, 0.15) is 30.5 Å². The summed E-state index contributed by atoms with van der Waals surface area (Å²) < 4.78 is 29.8. The molecule has 0 saturated carbocycles. The lowest BCUT2D eigenvalue weighted by molar-refractivity contribution is -0.220. The Hall–Kier alpha value is -2.41. The molecule has 7 N–H and O–H groups in total. The zero-order chi connectivity index (χ0) is 22.7. The van der Waals surface area contributed by atoms with E-state index in [2.05, 4.69) is 5.32 Å². The average Bonchev–Trinajstić information content (AvgIpc) is 2.60. The van der Waals surface area contributed by atoms with Gasteiger partial charge in [-0.25, -0.2) is 13.6 Å². The number of para-hydroxylation sites is 1. The SMILES string of the molecule is [B]C(Nc1cc(C=O)cc(S(N)(=O)=O)c1Oc1ccccc1)C(O)(O)CC([B])(O)O. The standard InChI is InChI=1S/C17H18B2N2O8S/c18-15(16(23,24)9-17(19,25)26)21-12-6-10(8-22)7-13(30(20,27)28)14(12)29-11-4-2-1-3-5-11/h1-8,15,21,23-26H,9H2,(H2,20,27,28). The molecule has 2 aromatic carbocycles. The largest absolute Gasteiger partial charge is 0.454 e. The number of primary sulfonamides is 1. The molecule has 0 aliphatic carbocycles. The summed E-state index contributed by atoms with van der Waals surface area (Å²) in [6.07, 6.45) is -0.867. The van der Waals surface area contributed by atoms with Crippen molar-refractivity contribution in [2.45, 2.75) is 28.7 Å². The van der Waals surface area contributed by atoms with Crippen molar-refractivity contribution in [3.8, 4) is 11.5 Å². The maximum Gasteiger partial charge on any atom is 0.241 e. The Balaban J connectivity index is 2.57. The monoisotopic (exact) mass is 432 g/mol. The third-order valence-electron chi connectivity index (χ3n) is 3.81. The Kier molecular flexibility index (Phi) is 6.97. The highest BCUT2D eigenvalue weighted by Gasteiger charge is 2.37. The van der Waals surface area contributed by atoms with Gasteiger partial charge in [0.25, 0.3) is 0 Å². The van der Waals surface area contributed by atoms with E-state index >= 15 is 0 Å². The van der Waals surface area contributed by atoms with E-state index in [0.29, 0.717) is 6.29 Å². The lowest BCUT2D eigenvalue weighted by atomic mass is 9.79. The summed E-state index contributed by atoms with van der Waals surface area (Å²) in [5, 5.41) is 46.1. The number of carbonyl (C=O) groups excluding carboxylic acids is 1. The first-order chi connectivity index (χ1) is 13.7. The molecular weight excluding hydrogens is 414 g/mol. The Morgan fingerprint density at radius 3 is 2.27 bits per heavy atom. The molecule has 0 aromatic heterocycles. The van der Waals surface area contributed by atoms with Crippen molar-refractivity contribution in [1.82, 2.24) is 0 Å². The highest BCUT2D eigenvalue weighted by Crippen LogP contribution is 2.37. The number of nitrogens with one attached hydrogen (secondary N) is 1. The van der Waals surface area contributed by atoms with Crippen molar-refractivity contribution in [3.63, 3.8) is 0 Å². The number of nitrogens with two attached hydrogens (primary N) is 1. The number of benzene rings is 2. The van der Waals surface area contributed by atoms with Gasteiger partial charge < -0.3 is 30.5 Å². The molecule has 0 aliphatic rings. The summed E-state index contributed by atoms with van der Waals surface area (Å²) >= 11 is 0. The lowest BCUT2D eigenvalue weighted by Gasteiger charge is -2.35. The molecule has 10 nitrogen and oxygen atoms in total. The van der Waals surface area contributed by atoms with Gasteiger partial charge in [-0.2, -0.15) is 0 Å². The minimum absolute atomic E-state index is 0.145. The van der Waals surface area contributed by atoms with Crippen LogP contribution in [0.1, 0.15) is 16.8 Å². The number of aliphatic hydroxyl groups is 4. The van der Waals surface area contributed by atoms with E-state index in [1.807, 2.05) is 0 Å². The molecule has 0 amide bonds. The van der Waals surface area contributed by atoms with Crippen LogP contribution in [0.3, 0.4) is 0 Å². The number of carbonyl (C=O) groups is 1. The molecule has 0 bridgehead atoms. The first-order valence-electron chi connectivity index (χ1n) is 8.32. The van der Waals surface area contributed by atoms with Crippen molar-refractivity contribution in [2.75, 3.05) is 5.32 Å². The van der Waals surface area contributed by atoms with E-state index < -0.39 is 38.8 Å². The van der Waals surface area contributed by atoms with E-state index in [9.17, 15) is 33.6 Å². The number of hydrogen-bond donors (Lipinski definition) is 6. The second-order valence-electron chi connectivity index (χ2n) is 6.53. The van der Waals surface area contributed by atoms with Crippen LogP contribution in [0.2, 0.25) is 0 Å². The van der Waals surface area contributed by atoms with Gasteiger partial charge in [-0.3, -0.25) is 4.79 Å². The molecule has 0 fully saturated rings. The molecule has 2 aromatic rings. The van der Waals surface area contributed by atoms with Gasteiger partial charge in [0, 0.05) is 17.9 Å². The first kappa shape index (κ1) is 23.9. The molecule has 4 radical (unpaired) electrons. The molecule has 1 unspecified atom stereocenters. The number of hydrogen-bond acceptors (Lipinski definition) is 9. The smallest absolute Gasteiger partial charge is 0.241 e. The fourth-order valence-corrected chi connectivity index (χ4v) is 3.21. The van der Waals surface area contributed by atoms with Crippen molar-refractivity contribution in [2.24, 2.45) is 5.14 Å². The Morgan fingerprint density at radius 1 is 1.17 bits per heavy atom. The lowest BCUT2D eigenvalue weighted by Crippen LogP contribution is -2.53. The van der Waals surface area contributed by atoms with Crippen LogP contribution in [0, 0.1) is 0 Å².